The SMILES string of the molecule is CC(C)(C)c1ccc2c(c1)n1c3ccccc3nc1n2C(C)(C)C. The number of imidazole rings is 2. The minimum atomic E-state index is -0.0341. The second-order valence-corrected chi connectivity index (χ2v) is 8.70. The molecule has 0 amide bonds. The van der Waals surface area contributed by atoms with Crippen LogP contribution in [-0.2, 0) is 11.0 Å². The van der Waals surface area contributed by atoms with Crippen molar-refractivity contribution in [1.29, 1.82) is 0 Å². The summed E-state index contributed by atoms with van der Waals surface area (Å²) in [4.78, 5) is 4.94. The molecule has 0 N–H and O–H groups in total. The Bertz CT molecular complexity index is 1070. The number of aromatic nitrogens is 3. The largest absolute Gasteiger partial charge is 0.304 e. The van der Waals surface area contributed by atoms with Gasteiger partial charge in [-0.2, -0.15) is 0 Å². The number of hydrogen-bond donors (Lipinski definition) is 0. The van der Waals surface area contributed by atoms with Gasteiger partial charge in [-0.15, -0.1) is 0 Å². The van der Waals surface area contributed by atoms with Crippen LogP contribution < -0.4 is 0 Å². The zero-order valence-electron chi connectivity index (χ0n) is 15.4. The average molecular weight is 319 g/mol. The lowest BCUT2D eigenvalue weighted by Crippen LogP contribution is -2.21. The molecule has 0 aliphatic rings. The molecule has 4 aromatic rings. The van der Waals surface area contributed by atoms with Crippen LogP contribution in [0.2, 0.25) is 0 Å². The molecule has 4 rings (SSSR count). The standard InChI is InChI=1S/C21H25N3/c1-20(2,3)14-11-12-17-18(13-14)23-16-10-8-7-9-15(16)22-19(23)24(17)21(4,5)6/h7-13H,1-6H3. The van der Waals surface area contributed by atoms with Crippen molar-refractivity contribution in [2.24, 2.45) is 0 Å². The highest BCUT2D eigenvalue weighted by Gasteiger charge is 2.25. The first-order valence-corrected chi connectivity index (χ1v) is 8.60. The highest BCUT2D eigenvalue weighted by atomic mass is 15.2. The number of benzene rings is 2. The first-order chi connectivity index (χ1) is 11.2. The van der Waals surface area contributed by atoms with Crippen LogP contribution in [0.4, 0.5) is 0 Å². The maximum atomic E-state index is 4.94. The zero-order chi connectivity index (χ0) is 17.3. The first kappa shape index (κ1) is 15.3. The smallest absolute Gasteiger partial charge is 0.216 e. The molecule has 2 aromatic carbocycles. The molecule has 2 aromatic heterocycles. The van der Waals surface area contributed by atoms with E-state index in [9.17, 15) is 0 Å². The molecule has 0 fully saturated rings. The van der Waals surface area contributed by atoms with Gasteiger partial charge in [0.1, 0.15) is 0 Å². The Labute approximate surface area is 142 Å². The highest BCUT2D eigenvalue weighted by Crippen LogP contribution is 2.33. The van der Waals surface area contributed by atoms with E-state index in [1.165, 1.54) is 22.1 Å². The van der Waals surface area contributed by atoms with Gasteiger partial charge in [-0.25, -0.2) is 4.98 Å². The van der Waals surface area contributed by atoms with E-state index >= 15 is 0 Å². The van der Waals surface area contributed by atoms with Crippen molar-refractivity contribution in [3.63, 3.8) is 0 Å². The van der Waals surface area contributed by atoms with E-state index in [0.717, 1.165) is 11.3 Å². The number of fused-ring (bicyclic) bond motifs is 5. The molecule has 0 unspecified atom stereocenters. The number of rotatable bonds is 0. The Hall–Kier alpha value is -2.29. The van der Waals surface area contributed by atoms with Gasteiger partial charge >= 0.3 is 0 Å². The molecule has 0 bridgehead atoms. The lowest BCUT2D eigenvalue weighted by atomic mass is 9.87. The van der Waals surface area contributed by atoms with Gasteiger partial charge in [0.25, 0.3) is 0 Å². The lowest BCUT2D eigenvalue weighted by molar-refractivity contribution is 0.419. The predicted molar refractivity (Wildman–Crippen MR) is 102 cm³/mol. The molecule has 0 saturated carbocycles. The predicted octanol–water partition coefficient (Wildman–Crippen LogP) is 5.49. The van der Waals surface area contributed by atoms with Crippen molar-refractivity contribution in [3.8, 4) is 0 Å². The summed E-state index contributed by atoms with van der Waals surface area (Å²) in [6, 6.07) is 15.2. The molecule has 124 valence electrons. The molecule has 0 spiro atoms. The van der Waals surface area contributed by atoms with E-state index in [4.69, 9.17) is 4.98 Å². The van der Waals surface area contributed by atoms with Crippen LogP contribution in [0, 0.1) is 0 Å². The maximum absolute atomic E-state index is 4.94. The van der Waals surface area contributed by atoms with Crippen molar-refractivity contribution in [2.75, 3.05) is 0 Å². The molecular weight excluding hydrogens is 294 g/mol. The molecule has 3 heteroatoms. The molecule has 0 aliphatic carbocycles. The van der Waals surface area contributed by atoms with Crippen molar-refractivity contribution in [1.82, 2.24) is 14.0 Å². The monoisotopic (exact) mass is 319 g/mol. The molecular formula is C21H25N3. The molecule has 3 nitrogen and oxygen atoms in total. The lowest BCUT2D eigenvalue weighted by Gasteiger charge is -2.23. The topological polar surface area (TPSA) is 22.2 Å². The fraction of sp³-hybridized carbons (Fsp3) is 0.381. The van der Waals surface area contributed by atoms with Crippen LogP contribution in [0.5, 0.6) is 0 Å². The van der Waals surface area contributed by atoms with Gasteiger partial charge in [-0.1, -0.05) is 39.0 Å². The van der Waals surface area contributed by atoms with Crippen LogP contribution in [-0.4, -0.2) is 14.0 Å². The number of nitrogens with zero attached hydrogens (tertiary/aromatic N) is 3. The van der Waals surface area contributed by atoms with E-state index in [1.807, 2.05) is 0 Å². The van der Waals surface area contributed by atoms with Crippen molar-refractivity contribution in [2.45, 2.75) is 52.5 Å². The van der Waals surface area contributed by atoms with Crippen LogP contribution >= 0.6 is 0 Å². The number of para-hydroxylation sites is 2. The Morgan fingerprint density at radius 3 is 2.17 bits per heavy atom. The van der Waals surface area contributed by atoms with Crippen molar-refractivity contribution in [3.05, 3.63) is 48.0 Å². The van der Waals surface area contributed by atoms with Gasteiger partial charge in [-0.05, 0) is 56.0 Å². The molecule has 2 heterocycles. The quantitative estimate of drug-likeness (QED) is 0.420. The van der Waals surface area contributed by atoms with Gasteiger partial charge in [0.05, 0.1) is 22.1 Å². The van der Waals surface area contributed by atoms with Crippen LogP contribution in [0.25, 0.3) is 27.8 Å². The maximum Gasteiger partial charge on any atom is 0.216 e. The molecule has 0 radical (unpaired) electrons. The Kier molecular flexibility index (Phi) is 2.94. The summed E-state index contributed by atoms with van der Waals surface area (Å²) >= 11 is 0. The highest BCUT2D eigenvalue weighted by molar-refractivity contribution is 5.91. The second kappa shape index (κ2) is 4.62. The summed E-state index contributed by atoms with van der Waals surface area (Å²) < 4.78 is 4.67. The Morgan fingerprint density at radius 2 is 1.50 bits per heavy atom. The molecule has 0 aliphatic heterocycles. The third-order valence-electron chi connectivity index (χ3n) is 4.74. The minimum Gasteiger partial charge on any atom is -0.304 e. The van der Waals surface area contributed by atoms with Gasteiger partial charge in [0.15, 0.2) is 0 Å². The van der Waals surface area contributed by atoms with E-state index in [-0.39, 0.29) is 11.0 Å². The fourth-order valence-corrected chi connectivity index (χ4v) is 3.53. The van der Waals surface area contributed by atoms with Gasteiger partial charge in [0.2, 0.25) is 5.78 Å². The third-order valence-corrected chi connectivity index (χ3v) is 4.74. The zero-order valence-corrected chi connectivity index (χ0v) is 15.4. The van der Waals surface area contributed by atoms with Gasteiger partial charge in [-0.3, -0.25) is 4.40 Å². The van der Waals surface area contributed by atoms with E-state index in [2.05, 4.69) is 93.0 Å². The average Bonchev–Trinajstić information content (AvgIpc) is 2.98. The normalized spacial score (nSPS) is 13.4. The van der Waals surface area contributed by atoms with E-state index in [1.54, 1.807) is 0 Å². The molecule has 0 saturated heterocycles. The Balaban J connectivity index is 2.24. The third kappa shape index (κ3) is 2.07. The molecule has 24 heavy (non-hydrogen) atoms. The molecule has 0 atom stereocenters. The van der Waals surface area contributed by atoms with Crippen molar-refractivity contribution < 1.29 is 0 Å². The minimum absolute atomic E-state index is 0.0341. The van der Waals surface area contributed by atoms with Crippen LogP contribution in [0.15, 0.2) is 42.5 Å². The summed E-state index contributed by atoms with van der Waals surface area (Å²) in [5, 5.41) is 0. The summed E-state index contributed by atoms with van der Waals surface area (Å²) in [5.41, 5.74) is 6.14. The second-order valence-electron chi connectivity index (χ2n) is 8.70. The van der Waals surface area contributed by atoms with Crippen LogP contribution in [0.1, 0.15) is 47.1 Å². The van der Waals surface area contributed by atoms with Crippen LogP contribution in [0.3, 0.4) is 0 Å². The van der Waals surface area contributed by atoms with E-state index in [0.29, 0.717) is 0 Å². The first-order valence-electron chi connectivity index (χ1n) is 8.60. The summed E-state index contributed by atoms with van der Waals surface area (Å²) in [7, 11) is 0. The van der Waals surface area contributed by atoms with Gasteiger partial charge < -0.3 is 4.57 Å². The fourth-order valence-electron chi connectivity index (χ4n) is 3.53. The summed E-state index contributed by atoms with van der Waals surface area (Å²) in [5.74, 6) is 1.02. The summed E-state index contributed by atoms with van der Waals surface area (Å²) in [6.45, 7) is 13.5. The van der Waals surface area contributed by atoms with Crippen molar-refractivity contribution >= 4 is 27.8 Å². The van der Waals surface area contributed by atoms with E-state index < -0.39 is 0 Å². The van der Waals surface area contributed by atoms with Gasteiger partial charge in [0, 0.05) is 5.54 Å². The number of hydrogen-bond acceptors (Lipinski definition) is 1. The summed E-state index contributed by atoms with van der Waals surface area (Å²) in [6.07, 6.45) is 0. The Morgan fingerprint density at radius 1 is 0.792 bits per heavy atom.